The van der Waals surface area contributed by atoms with E-state index in [1.54, 1.807) is 0 Å². The quantitative estimate of drug-likeness (QED) is 0.534. The molecule has 0 radical (unpaired) electrons. The van der Waals surface area contributed by atoms with E-state index in [1.807, 2.05) is 12.1 Å². The summed E-state index contributed by atoms with van der Waals surface area (Å²) >= 11 is 0. The van der Waals surface area contributed by atoms with Crippen molar-refractivity contribution in [1.29, 1.82) is 0 Å². The average Bonchev–Trinajstić information content (AvgIpc) is 1.88. The van der Waals surface area contributed by atoms with Gasteiger partial charge in [-0.05, 0) is 23.2 Å². The second kappa shape index (κ2) is 2.97. The van der Waals surface area contributed by atoms with Gasteiger partial charge in [-0.25, -0.2) is 4.39 Å². The van der Waals surface area contributed by atoms with Gasteiger partial charge in [-0.15, -0.1) is 0 Å². The third-order valence-electron chi connectivity index (χ3n) is 1.54. The first kappa shape index (κ1) is 7.47. The SMILES string of the molecule is CC([SiH3])c1ccc(F)cc1. The third-order valence-corrected chi connectivity index (χ3v) is 2.20. The van der Waals surface area contributed by atoms with Crippen LogP contribution in [0.5, 0.6) is 0 Å². The molecule has 0 aliphatic carbocycles. The Kier molecular flexibility index (Phi) is 2.22. The molecule has 0 saturated heterocycles. The lowest BCUT2D eigenvalue weighted by molar-refractivity contribution is 0.627. The van der Waals surface area contributed by atoms with Gasteiger partial charge in [0.1, 0.15) is 5.82 Å². The molecule has 0 saturated carbocycles. The second-order valence-electron chi connectivity index (χ2n) is 2.71. The minimum Gasteiger partial charge on any atom is -0.207 e. The molecular formula is C8H11FSi. The third kappa shape index (κ3) is 1.67. The van der Waals surface area contributed by atoms with Crippen LogP contribution in [-0.2, 0) is 0 Å². The minimum absolute atomic E-state index is 0.147. The molecule has 1 rings (SSSR count). The number of rotatable bonds is 1. The van der Waals surface area contributed by atoms with Crippen LogP contribution in [-0.4, -0.2) is 10.2 Å². The van der Waals surface area contributed by atoms with Gasteiger partial charge in [0.05, 0.1) is 0 Å². The van der Waals surface area contributed by atoms with Crippen LogP contribution in [0.1, 0.15) is 18.0 Å². The largest absolute Gasteiger partial charge is 0.207 e. The summed E-state index contributed by atoms with van der Waals surface area (Å²) in [7, 11) is 1.13. The maximum absolute atomic E-state index is 12.4. The highest BCUT2D eigenvalue weighted by molar-refractivity contribution is 6.12. The fourth-order valence-electron chi connectivity index (χ4n) is 0.848. The topological polar surface area (TPSA) is 0 Å². The van der Waals surface area contributed by atoms with Crippen LogP contribution in [0.25, 0.3) is 0 Å². The van der Waals surface area contributed by atoms with Crippen molar-refractivity contribution in [1.82, 2.24) is 0 Å². The molecule has 1 unspecified atom stereocenters. The van der Waals surface area contributed by atoms with Crippen molar-refractivity contribution in [3.05, 3.63) is 35.6 Å². The van der Waals surface area contributed by atoms with Crippen LogP contribution >= 0.6 is 0 Å². The van der Waals surface area contributed by atoms with Gasteiger partial charge >= 0.3 is 0 Å². The highest BCUT2D eigenvalue weighted by atomic mass is 28.1. The van der Waals surface area contributed by atoms with Crippen molar-refractivity contribution in [2.75, 3.05) is 0 Å². The normalized spacial score (nSPS) is 13.4. The van der Waals surface area contributed by atoms with Gasteiger partial charge in [-0.1, -0.05) is 19.1 Å². The molecule has 54 valence electrons. The second-order valence-corrected chi connectivity index (χ2v) is 4.44. The Labute approximate surface area is 63.5 Å². The van der Waals surface area contributed by atoms with Crippen molar-refractivity contribution in [2.45, 2.75) is 12.5 Å². The highest BCUT2D eigenvalue weighted by Crippen LogP contribution is 2.10. The number of hydrogen-bond donors (Lipinski definition) is 0. The Morgan fingerprint density at radius 2 is 1.80 bits per heavy atom. The lowest BCUT2D eigenvalue weighted by Crippen LogP contribution is -1.90. The molecule has 0 amide bonds. The Morgan fingerprint density at radius 3 is 2.20 bits per heavy atom. The van der Waals surface area contributed by atoms with Crippen LogP contribution in [0.15, 0.2) is 24.3 Å². The molecule has 2 heteroatoms. The molecule has 0 aliphatic rings. The zero-order valence-electron chi connectivity index (χ0n) is 6.26. The van der Waals surface area contributed by atoms with E-state index in [0.29, 0.717) is 5.54 Å². The van der Waals surface area contributed by atoms with Crippen LogP contribution < -0.4 is 0 Å². The number of halogens is 1. The molecule has 10 heavy (non-hydrogen) atoms. The molecule has 0 nitrogen and oxygen atoms in total. The average molecular weight is 154 g/mol. The summed E-state index contributed by atoms with van der Waals surface area (Å²) in [5.41, 5.74) is 1.87. The summed E-state index contributed by atoms with van der Waals surface area (Å²) in [6.07, 6.45) is 0. The maximum Gasteiger partial charge on any atom is 0.123 e. The Balaban J connectivity index is 2.89. The molecule has 1 aromatic carbocycles. The van der Waals surface area contributed by atoms with Crippen LogP contribution in [0.4, 0.5) is 4.39 Å². The minimum atomic E-state index is -0.147. The zero-order chi connectivity index (χ0) is 7.56. The van der Waals surface area contributed by atoms with Crippen molar-refractivity contribution in [2.24, 2.45) is 0 Å². The Morgan fingerprint density at radius 1 is 1.30 bits per heavy atom. The fraction of sp³-hybridized carbons (Fsp3) is 0.250. The first-order chi connectivity index (χ1) is 4.70. The molecule has 0 aliphatic heterocycles. The number of hydrogen-bond acceptors (Lipinski definition) is 0. The van der Waals surface area contributed by atoms with Gasteiger partial charge in [-0.3, -0.25) is 0 Å². The van der Waals surface area contributed by atoms with Gasteiger partial charge in [0.25, 0.3) is 0 Å². The highest BCUT2D eigenvalue weighted by Gasteiger charge is 1.96. The van der Waals surface area contributed by atoms with Crippen LogP contribution in [0, 0.1) is 5.82 Å². The summed E-state index contributed by atoms with van der Waals surface area (Å²) < 4.78 is 12.4. The fourth-order valence-corrected chi connectivity index (χ4v) is 1.23. The summed E-state index contributed by atoms with van der Waals surface area (Å²) in [4.78, 5) is 0. The molecule has 0 fully saturated rings. The molecule has 0 bridgehead atoms. The van der Waals surface area contributed by atoms with Crippen LogP contribution in [0.3, 0.4) is 0 Å². The predicted molar refractivity (Wildman–Crippen MR) is 44.8 cm³/mol. The van der Waals surface area contributed by atoms with Crippen molar-refractivity contribution in [3.63, 3.8) is 0 Å². The summed E-state index contributed by atoms with van der Waals surface area (Å²) in [6, 6.07) is 6.74. The van der Waals surface area contributed by atoms with Gasteiger partial charge in [0.15, 0.2) is 0 Å². The standard InChI is InChI=1S/C8H11FSi/c1-6(10)7-2-4-8(9)5-3-7/h2-6H,1,10H3. The molecule has 0 spiro atoms. The van der Waals surface area contributed by atoms with Gasteiger partial charge in [0, 0.05) is 10.2 Å². The molecule has 1 aromatic rings. The van der Waals surface area contributed by atoms with E-state index >= 15 is 0 Å². The maximum atomic E-state index is 12.4. The van der Waals surface area contributed by atoms with E-state index < -0.39 is 0 Å². The molecule has 0 N–H and O–H groups in total. The van der Waals surface area contributed by atoms with E-state index in [-0.39, 0.29) is 5.82 Å². The van der Waals surface area contributed by atoms with E-state index in [4.69, 9.17) is 0 Å². The van der Waals surface area contributed by atoms with Crippen LogP contribution in [0.2, 0.25) is 0 Å². The summed E-state index contributed by atoms with van der Waals surface area (Å²) in [5.74, 6) is -0.147. The van der Waals surface area contributed by atoms with Crippen molar-refractivity contribution >= 4 is 10.2 Å². The lowest BCUT2D eigenvalue weighted by Gasteiger charge is -2.02. The smallest absolute Gasteiger partial charge is 0.123 e. The lowest BCUT2D eigenvalue weighted by atomic mass is 10.2. The summed E-state index contributed by atoms with van der Waals surface area (Å²) in [6.45, 7) is 2.15. The zero-order valence-corrected chi connectivity index (χ0v) is 8.26. The predicted octanol–water partition coefficient (Wildman–Crippen LogP) is 1.25. The molecular weight excluding hydrogens is 143 g/mol. The number of benzene rings is 1. The first-order valence-electron chi connectivity index (χ1n) is 3.45. The van der Waals surface area contributed by atoms with Gasteiger partial charge in [-0.2, -0.15) is 0 Å². The van der Waals surface area contributed by atoms with E-state index in [0.717, 1.165) is 10.2 Å². The van der Waals surface area contributed by atoms with Gasteiger partial charge in [0.2, 0.25) is 0 Å². The van der Waals surface area contributed by atoms with Crippen molar-refractivity contribution < 1.29 is 4.39 Å². The molecule has 0 heterocycles. The Hall–Kier alpha value is -0.633. The monoisotopic (exact) mass is 154 g/mol. The molecule has 1 atom stereocenters. The van der Waals surface area contributed by atoms with Crippen molar-refractivity contribution in [3.8, 4) is 0 Å². The molecule has 0 aromatic heterocycles. The Bertz CT molecular complexity index is 203. The summed E-state index contributed by atoms with van der Waals surface area (Å²) in [5, 5.41) is 0. The van der Waals surface area contributed by atoms with E-state index in [2.05, 4.69) is 6.92 Å². The van der Waals surface area contributed by atoms with E-state index in [9.17, 15) is 4.39 Å². The first-order valence-corrected chi connectivity index (χ1v) is 4.61. The van der Waals surface area contributed by atoms with E-state index in [1.165, 1.54) is 17.7 Å². The van der Waals surface area contributed by atoms with Gasteiger partial charge < -0.3 is 0 Å².